The van der Waals surface area contributed by atoms with E-state index in [4.69, 9.17) is 0 Å². The minimum Gasteiger partial charge on any atom is -0.393 e. The molecule has 2 unspecified atom stereocenters. The van der Waals surface area contributed by atoms with Crippen LogP contribution in [-0.2, 0) is 0 Å². The molecule has 1 aliphatic carbocycles. The van der Waals surface area contributed by atoms with Crippen LogP contribution in [0.25, 0.3) is 0 Å². The number of rotatable bonds is 3. The lowest BCUT2D eigenvalue weighted by Gasteiger charge is -2.27. The molecule has 0 aromatic heterocycles. The number of aliphatic hydroxyl groups excluding tert-OH is 1. The molecule has 0 saturated heterocycles. The summed E-state index contributed by atoms with van der Waals surface area (Å²) in [5, 5.41) is 15.1. The van der Waals surface area contributed by atoms with Crippen molar-refractivity contribution < 1.29 is 9.90 Å². The van der Waals surface area contributed by atoms with Crippen molar-refractivity contribution >= 4 is 6.03 Å². The summed E-state index contributed by atoms with van der Waals surface area (Å²) >= 11 is 0. The Morgan fingerprint density at radius 3 is 2.71 bits per heavy atom. The van der Waals surface area contributed by atoms with Crippen LogP contribution in [0.5, 0.6) is 0 Å². The predicted molar refractivity (Wildman–Crippen MR) is 55.0 cm³/mol. The normalized spacial score (nSPS) is 27.0. The summed E-state index contributed by atoms with van der Waals surface area (Å²) in [5.41, 5.74) is 0. The van der Waals surface area contributed by atoms with Gasteiger partial charge in [0.25, 0.3) is 0 Å². The first kappa shape index (κ1) is 11.3. The molecule has 2 amide bonds. The second kappa shape index (κ2) is 5.86. The van der Waals surface area contributed by atoms with Crippen molar-refractivity contribution in [2.24, 2.45) is 5.92 Å². The van der Waals surface area contributed by atoms with E-state index in [2.05, 4.69) is 10.6 Å². The highest BCUT2D eigenvalue weighted by Gasteiger charge is 2.22. The molecule has 0 radical (unpaired) electrons. The van der Waals surface area contributed by atoms with Crippen LogP contribution in [-0.4, -0.2) is 30.3 Å². The average Bonchev–Trinajstić information content (AvgIpc) is 2.17. The summed E-state index contributed by atoms with van der Waals surface area (Å²) in [5.74, 6) is 0.242. The summed E-state index contributed by atoms with van der Waals surface area (Å²) < 4.78 is 0. The Morgan fingerprint density at radius 1 is 1.36 bits per heavy atom. The molecule has 82 valence electrons. The molecule has 0 aliphatic heterocycles. The van der Waals surface area contributed by atoms with Crippen molar-refractivity contribution in [3.8, 4) is 0 Å². The van der Waals surface area contributed by atoms with Crippen molar-refractivity contribution in [2.45, 2.75) is 38.7 Å². The Kier molecular flexibility index (Phi) is 4.73. The zero-order chi connectivity index (χ0) is 10.4. The number of carbonyl (C=O) groups excluding carboxylic acids is 1. The highest BCUT2D eigenvalue weighted by atomic mass is 16.3. The zero-order valence-corrected chi connectivity index (χ0v) is 8.75. The Hall–Kier alpha value is -0.770. The van der Waals surface area contributed by atoms with Crippen molar-refractivity contribution in [1.29, 1.82) is 0 Å². The number of aliphatic hydroxyl groups is 1. The lowest BCUT2D eigenvalue weighted by Crippen LogP contribution is -2.41. The fourth-order valence-corrected chi connectivity index (χ4v) is 1.87. The van der Waals surface area contributed by atoms with Gasteiger partial charge in [0.1, 0.15) is 0 Å². The summed E-state index contributed by atoms with van der Waals surface area (Å²) in [7, 11) is 0. The predicted octanol–water partition coefficient (Wildman–Crippen LogP) is 0.857. The highest BCUT2D eigenvalue weighted by Crippen LogP contribution is 2.23. The largest absolute Gasteiger partial charge is 0.393 e. The van der Waals surface area contributed by atoms with Gasteiger partial charge in [-0.15, -0.1) is 0 Å². The molecule has 0 aromatic carbocycles. The molecule has 0 heterocycles. The van der Waals surface area contributed by atoms with E-state index in [1.807, 2.05) is 6.92 Å². The topological polar surface area (TPSA) is 61.4 Å². The van der Waals surface area contributed by atoms with E-state index in [-0.39, 0.29) is 18.1 Å². The second-order valence-electron chi connectivity index (χ2n) is 3.85. The lowest BCUT2D eigenvalue weighted by molar-refractivity contribution is 0.0709. The maximum absolute atomic E-state index is 11.1. The van der Waals surface area contributed by atoms with Gasteiger partial charge in [0.15, 0.2) is 0 Å². The van der Waals surface area contributed by atoms with Crippen LogP contribution < -0.4 is 10.6 Å². The molecule has 1 rings (SSSR count). The van der Waals surface area contributed by atoms with Crippen LogP contribution in [0.2, 0.25) is 0 Å². The molecule has 3 N–H and O–H groups in total. The van der Waals surface area contributed by atoms with E-state index >= 15 is 0 Å². The minimum atomic E-state index is -0.231. The van der Waals surface area contributed by atoms with Gasteiger partial charge in [-0.1, -0.05) is 12.8 Å². The van der Waals surface area contributed by atoms with E-state index in [0.717, 1.165) is 19.3 Å². The molecular weight excluding hydrogens is 180 g/mol. The lowest BCUT2D eigenvalue weighted by atomic mass is 9.86. The quantitative estimate of drug-likeness (QED) is 0.632. The molecule has 14 heavy (non-hydrogen) atoms. The van der Waals surface area contributed by atoms with Crippen molar-refractivity contribution in [3.05, 3.63) is 0 Å². The zero-order valence-electron chi connectivity index (χ0n) is 8.75. The monoisotopic (exact) mass is 200 g/mol. The van der Waals surface area contributed by atoms with Crippen LogP contribution in [0.4, 0.5) is 4.79 Å². The summed E-state index contributed by atoms with van der Waals surface area (Å²) in [4.78, 5) is 11.1. The number of hydrogen-bond acceptors (Lipinski definition) is 2. The fraction of sp³-hybridized carbons (Fsp3) is 0.900. The standard InChI is InChI=1S/C10H20N2O2/c1-2-11-10(14)12-7-8-5-3-4-6-9(8)13/h8-9,13H,2-7H2,1H3,(H2,11,12,14). The first-order valence-corrected chi connectivity index (χ1v) is 5.43. The van der Waals surface area contributed by atoms with Crippen LogP contribution in [0, 0.1) is 5.92 Å². The van der Waals surface area contributed by atoms with Gasteiger partial charge in [0.05, 0.1) is 6.10 Å². The molecule has 1 aliphatic rings. The van der Waals surface area contributed by atoms with Gasteiger partial charge in [-0.3, -0.25) is 0 Å². The SMILES string of the molecule is CCNC(=O)NCC1CCCCC1O. The van der Waals surface area contributed by atoms with Gasteiger partial charge in [0, 0.05) is 19.0 Å². The molecule has 0 bridgehead atoms. The maximum atomic E-state index is 11.1. The van der Waals surface area contributed by atoms with Crippen molar-refractivity contribution in [1.82, 2.24) is 10.6 Å². The fourth-order valence-electron chi connectivity index (χ4n) is 1.87. The third kappa shape index (κ3) is 3.54. The van der Waals surface area contributed by atoms with E-state index in [1.165, 1.54) is 6.42 Å². The van der Waals surface area contributed by atoms with Crippen LogP contribution in [0.3, 0.4) is 0 Å². The van der Waals surface area contributed by atoms with Crippen molar-refractivity contribution in [3.63, 3.8) is 0 Å². The van der Waals surface area contributed by atoms with E-state index in [9.17, 15) is 9.90 Å². The number of nitrogens with one attached hydrogen (secondary N) is 2. The maximum Gasteiger partial charge on any atom is 0.314 e. The summed E-state index contributed by atoms with van der Waals surface area (Å²) in [6.45, 7) is 3.11. The molecule has 2 atom stereocenters. The highest BCUT2D eigenvalue weighted by molar-refractivity contribution is 5.73. The van der Waals surface area contributed by atoms with E-state index in [1.54, 1.807) is 0 Å². The molecule has 1 saturated carbocycles. The smallest absolute Gasteiger partial charge is 0.314 e. The van der Waals surface area contributed by atoms with Gasteiger partial charge < -0.3 is 15.7 Å². The Morgan fingerprint density at radius 2 is 2.07 bits per heavy atom. The third-order valence-corrected chi connectivity index (χ3v) is 2.73. The van der Waals surface area contributed by atoms with E-state index in [0.29, 0.717) is 13.1 Å². The van der Waals surface area contributed by atoms with Crippen LogP contribution in [0.1, 0.15) is 32.6 Å². The van der Waals surface area contributed by atoms with Gasteiger partial charge >= 0.3 is 6.03 Å². The molecule has 0 aromatic rings. The summed E-state index contributed by atoms with van der Waals surface area (Å²) in [6.07, 6.45) is 3.94. The molecular formula is C10H20N2O2. The average molecular weight is 200 g/mol. The van der Waals surface area contributed by atoms with Gasteiger partial charge in [-0.2, -0.15) is 0 Å². The van der Waals surface area contributed by atoms with Gasteiger partial charge in [-0.05, 0) is 19.8 Å². The van der Waals surface area contributed by atoms with Crippen LogP contribution >= 0.6 is 0 Å². The molecule has 4 heteroatoms. The Balaban J connectivity index is 2.19. The van der Waals surface area contributed by atoms with Gasteiger partial charge in [0.2, 0.25) is 0 Å². The first-order valence-electron chi connectivity index (χ1n) is 5.43. The Bertz CT molecular complexity index is 185. The van der Waals surface area contributed by atoms with E-state index < -0.39 is 0 Å². The first-order chi connectivity index (χ1) is 6.74. The molecule has 1 fully saturated rings. The number of amides is 2. The number of hydrogen-bond donors (Lipinski definition) is 3. The number of carbonyl (C=O) groups is 1. The minimum absolute atomic E-state index is 0.134. The Labute approximate surface area is 85.1 Å². The number of urea groups is 1. The van der Waals surface area contributed by atoms with Crippen molar-refractivity contribution in [2.75, 3.05) is 13.1 Å². The third-order valence-electron chi connectivity index (χ3n) is 2.73. The van der Waals surface area contributed by atoms with Gasteiger partial charge in [-0.25, -0.2) is 4.79 Å². The summed E-state index contributed by atoms with van der Waals surface area (Å²) in [6, 6.07) is -0.134. The second-order valence-corrected chi connectivity index (χ2v) is 3.85. The van der Waals surface area contributed by atoms with Crippen LogP contribution in [0.15, 0.2) is 0 Å². The molecule has 0 spiro atoms. The molecule has 4 nitrogen and oxygen atoms in total.